The summed E-state index contributed by atoms with van der Waals surface area (Å²) in [5.41, 5.74) is 2.74. The molecular weight excluding hydrogens is 431 g/mol. The highest BCUT2D eigenvalue weighted by molar-refractivity contribution is 6.31. The number of nitrogens with one attached hydrogen (secondary N) is 1. The van der Waals surface area contributed by atoms with Crippen molar-refractivity contribution in [3.05, 3.63) is 82.0 Å². The Hall–Kier alpha value is -3.19. The van der Waals surface area contributed by atoms with E-state index < -0.39 is 5.82 Å². The Balaban J connectivity index is 1.44. The smallest absolute Gasteiger partial charge is 0.226 e. The third-order valence-electron chi connectivity index (χ3n) is 5.91. The molecule has 2 heterocycles. The third kappa shape index (κ3) is 3.66. The predicted molar refractivity (Wildman–Crippen MR) is 119 cm³/mol. The number of aromatic nitrogens is 3. The van der Waals surface area contributed by atoms with E-state index in [1.165, 1.54) is 12.4 Å². The minimum atomic E-state index is -0.402. The summed E-state index contributed by atoms with van der Waals surface area (Å²) in [4.78, 5) is 17.4. The molecule has 0 bridgehead atoms. The number of fused-ring (bicyclic) bond motifs is 1. The molecule has 1 unspecified atom stereocenters. The molecule has 1 aromatic heterocycles. The van der Waals surface area contributed by atoms with Gasteiger partial charge in [0.2, 0.25) is 5.95 Å². The number of hydrogen-bond acceptors (Lipinski definition) is 5. The van der Waals surface area contributed by atoms with Crippen molar-refractivity contribution >= 4 is 23.3 Å². The molecule has 6 nitrogen and oxygen atoms in total. The lowest BCUT2D eigenvalue weighted by atomic mass is 9.73. The van der Waals surface area contributed by atoms with Crippen LogP contribution in [0.4, 0.5) is 10.3 Å². The first-order valence-electron chi connectivity index (χ1n) is 10.4. The van der Waals surface area contributed by atoms with Gasteiger partial charge in [0, 0.05) is 23.3 Å². The molecule has 0 amide bonds. The van der Waals surface area contributed by atoms with E-state index in [1.54, 1.807) is 28.9 Å². The highest BCUT2D eigenvalue weighted by atomic mass is 35.5. The van der Waals surface area contributed by atoms with Gasteiger partial charge in [-0.2, -0.15) is 10.1 Å². The number of carbonyl (C=O) groups is 1. The monoisotopic (exact) mass is 452 g/mol. The summed E-state index contributed by atoms with van der Waals surface area (Å²) >= 11 is 6.08. The van der Waals surface area contributed by atoms with Gasteiger partial charge in [-0.05, 0) is 41.7 Å². The van der Waals surface area contributed by atoms with E-state index in [0.717, 1.165) is 23.3 Å². The van der Waals surface area contributed by atoms with Gasteiger partial charge in [-0.1, -0.05) is 43.6 Å². The van der Waals surface area contributed by atoms with Crippen LogP contribution >= 0.6 is 11.6 Å². The maximum absolute atomic E-state index is 14.0. The molecule has 0 saturated carbocycles. The third-order valence-corrected chi connectivity index (χ3v) is 6.27. The fourth-order valence-electron chi connectivity index (χ4n) is 4.43. The van der Waals surface area contributed by atoms with Crippen molar-refractivity contribution in [1.82, 2.24) is 14.8 Å². The second kappa shape index (κ2) is 7.74. The van der Waals surface area contributed by atoms with Gasteiger partial charge in [-0.15, -0.1) is 0 Å². The molecule has 1 aliphatic heterocycles. The number of ketones is 1. The van der Waals surface area contributed by atoms with Crippen LogP contribution in [0.25, 0.3) is 0 Å². The fourth-order valence-corrected chi connectivity index (χ4v) is 4.65. The van der Waals surface area contributed by atoms with Crippen LogP contribution in [0.15, 0.2) is 60.1 Å². The van der Waals surface area contributed by atoms with Crippen molar-refractivity contribution in [2.75, 3.05) is 5.32 Å². The average molecular weight is 453 g/mol. The Kier molecular flexibility index (Phi) is 5.01. The van der Waals surface area contributed by atoms with Crippen molar-refractivity contribution in [2.45, 2.75) is 39.3 Å². The van der Waals surface area contributed by atoms with Crippen molar-refractivity contribution < 1.29 is 13.9 Å². The van der Waals surface area contributed by atoms with Crippen LogP contribution in [-0.4, -0.2) is 20.5 Å². The lowest BCUT2D eigenvalue weighted by molar-refractivity contribution is -0.118. The number of allylic oxidation sites excluding steroid dienone is 2. The van der Waals surface area contributed by atoms with Crippen LogP contribution < -0.4 is 10.1 Å². The summed E-state index contributed by atoms with van der Waals surface area (Å²) < 4.78 is 21.5. The van der Waals surface area contributed by atoms with E-state index in [9.17, 15) is 9.18 Å². The van der Waals surface area contributed by atoms with Gasteiger partial charge < -0.3 is 10.1 Å². The zero-order valence-electron chi connectivity index (χ0n) is 17.7. The molecule has 3 aromatic rings. The zero-order chi connectivity index (χ0) is 22.5. The first kappa shape index (κ1) is 20.7. The molecule has 164 valence electrons. The molecule has 2 aliphatic rings. The Morgan fingerprint density at radius 3 is 2.75 bits per heavy atom. The number of anilines is 1. The number of benzene rings is 2. The number of hydrogen-bond donors (Lipinski definition) is 1. The predicted octanol–water partition coefficient (Wildman–Crippen LogP) is 5.31. The number of ether oxygens (including phenoxy) is 1. The van der Waals surface area contributed by atoms with E-state index in [4.69, 9.17) is 16.3 Å². The topological polar surface area (TPSA) is 69.0 Å². The normalized spacial score (nSPS) is 19.2. The molecule has 1 aliphatic carbocycles. The molecule has 1 N–H and O–H groups in total. The largest absolute Gasteiger partial charge is 0.489 e. The SMILES string of the molecule is CC1(C)CC(=O)C2=C(C1)Nc1ncnn1C2c1ccc(OCc2c(F)cccc2Cl)cc1. The zero-order valence-corrected chi connectivity index (χ0v) is 18.5. The van der Waals surface area contributed by atoms with Crippen molar-refractivity contribution in [2.24, 2.45) is 5.41 Å². The molecule has 5 rings (SSSR count). The van der Waals surface area contributed by atoms with E-state index in [2.05, 4.69) is 29.2 Å². The van der Waals surface area contributed by atoms with Crippen molar-refractivity contribution in [3.8, 4) is 5.75 Å². The summed E-state index contributed by atoms with van der Waals surface area (Å²) in [5, 5.41) is 7.99. The van der Waals surface area contributed by atoms with E-state index in [0.29, 0.717) is 28.7 Å². The molecule has 2 aromatic carbocycles. The molecule has 32 heavy (non-hydrogen) atoms. The van der Waals surface area contributed by atoms with E-state index >= 15 is 0 Å². The van der Waals surface area contributed by atoms with Crippen molar-refractivity contribution in [1.29, 1.82) is 0 Å². The molecule has 0 fully saturated rings. The number of Topliss-reactive ketones (excluding diaryl/α,β-unsaturated/α-hetero) is 1. The lowest BCUT2D eigenvalue weighted by Gasteiger charge is -2.38. The molecule has 1 atom stereocenters. The van der Waals surface area contributed by atoms with E-state index in [-0.39, 0.29) is 23.8 Å². The first-order valence-corrected chi connectivity index (χ1v) is 10.8. The Morgan fingerprint density at radius 2 is 2.00 bits per heavy atom. The van der Waals surface area contributed by atoms with Crippen molar-refractivity contribution in [3.63, 3.8) is 0 Å². The number of rotatable bonds is 4. The fraction of sp³-hybridized carbons (Fsp3) is 0.292. The average Bonchev–Trinajstić information content (AvgIpc) is 3.19. The highest BCUT2D eigenvalue weighted by Gasteiger charge is 2.41. The van der Waals surface area contributed by atoms with Crippen LogP contribution in [0.1, 0.15) is 43.9 Å². The molecule has 0 saturated heterocycles. The Labute approximate surface area is 190 Å². The minimum absolute atomic E-state index is 0.0221. The van der Waals surface area contributed by atoms with Gasteiger partial charge in [0.05, 0.1) is 5.02 Å². The van der Waals surface area contributed by atoms with E-state index in [1.807, 2.05) is 12.1 Å². The van der Waals surface area contributed by atoms with Crippen LogP contribution in [0.2, 0.25) is 5.02 Å². The summed E-state index contributed by atoms with van der Waals surface area (Å²) in [6.45, 7) is 4.21. The van der Waals surface area contributed by atoms with Crippen LogP contribution in [-0.2, 0) is 11.4 Å². The summed E-state index contributed by atoms with van der Waals surface area (Å²) in [6.07, 6.45) is 2.74. The molecule has 0 radical (unpaired) electrons. The first-order chi connectivity index (χ1) is 15.3. The molecule has 8 heteroatoms. The Bertz CT molecular complexity index is 1210. The molecular formula is C24H22ClFN4O2. The maximum atomic E-state index is 14.0. The minimum Gasteiger partial charge on any atom is -0.489 e. The summed E-state index contributed by atoms with van der Waals surface area (Å²) in [5.74, 6) is 0.907. The van der Waals surface area contributed by atoms with Crippen LogP contribution in [0.3, 0.4) is 0 Å². The van der Waals surface area contributed by atoms with Gasteiger partial charge in [-0.3, -0.25) is 4.79 Å². The van der Waals surface area contributed by atoms with Crippen LogP contribution in [0, 0.1) is 11.2 Å². The lowest BCUT2D eigenvalue weighted by Crippen LogP contribution is -2.36. The Morgan fingerprint density at radius 1 is 1.22 bits per heavy atom. The quantitative estimate of drug-likeness (QED) is 0.581. The summed E-state index contributed by atoms with van der Waals surface area (Å²) in [7, 11) is 0. The standard InChI is InChI=1S/C24H22ClFN4O2/c1-24(2)10-19-21(20(31)11-24)22(30-23(29-19)27-13-28-30)14-6-8-15(9-7-14)32-12-16-17(25)4-3-5-18(16)26/h3-9,13,22H,10-12H2,1-2H3,(H,27,28,29). The second-order valence-corrected chi connectivity index (χ2v) is 9.35. The van der Waals surface area contributed by atoms with Gasteiger partial charge in [-0.25, -0.2) is 9.07 Å². The van der Waals surface area contributed by atoms with Gasteiger partial charge in [0.1, 0.15) is 30.5 Å². The van der Waals surface area contributed by atoms with Crippen LogP contribution in [0.5, 0.6) is 5.75 Å². The van der Waals surface area contributed by atoms with Gasteiger partial charge in [0.25, 0.3) is 0 Å². The second-order valence-electron chi connectivity index (χ2n) is 8.95. The molecule has 0 spiro atoms. The van der Waals surface area contributed by atoms with Gasteiger partial charge in [0.15, 0.2) is 5.78 Å². The number of carbonyl (C=O) groups excluding carboxylic acids is 1. The summed E-state index contributed by atoms with van der Waals surface area (Å²) in [6, 6.07) is 11.6. The maximum Gasteiger partial charge on any atom is 0.226 e. The highest BCUT2D eigenvalue weighted by Crippen LogP contribution is 2.45. The van der Waals surface area contributed by atoms with Gasteiger partial charge >= 0.3 is 0 Å². The number of nitrogens with zero attached hydrogens (tertiary/aromatic N) is 3. The number of halogens is 2.